The minimum atomic E-state index is 0. The Kier molecular flexibility index (Phi) is 4.79. The maximum absolute atomic E-state index is 8.47. The van der Waals surface area contributed by atoms with Crippen LogP contribution in [0.4, 0.5) is 0 Å². The van der Waals surface area contributed by atoms with Crippen LogP contribution in [0.5, 0.6) is 0 Å². The largest absolute Gasteiger partial charge is 0.411 e. The van der Waals surface area contributed by atoms with Crippen molar-refractivity contribution in [2.45, 2.75) is 6.54 Å². The summed E-state index contributed by atoms with van der Waals surface area (Å²) in [7, 11) is 0. The van der Waals surface area contributed by atoms with Gasteiger partial charge < -0.3 is 10.1 Å². The Labute approximate surface area is 101 Å². The lowest BCUT2D eigenvalue weighted by molar-refractivity contribution is 0.321. The van der Waals surface area contributed by atoms with E-state index in [1.165, 1.54) is 11.8 Å². The molecule has 2 rings (SSSR count). The molecule has 0 aromatic heterocycles. The van der Waals surface area contributed by atoms with Crippen LogP contribution in [-0.4, -0.2) is 35.2 Å². The summed E-state index contributed by atoms with van der Waals surface area (Å²) in [5.74, 6) is 0.751. The molecule has 1 aliphatic rings. The first-order chi connectivity index (χ1) is 7.40. The second kappa shape index (κ2) is 6.12. The van der Waals surface area contributed by atoms with Gasteiger partial charge in [-0.3, -0.25) is 4.99 Å². The maximum atomic E-state index is 8.47. The molecule has 0 radical (unpaired) electrons. The van der Waals surface area contributed by atoms with Crippen LogP contribution < -0.4 is 0 Å². The van der Waals surface area contributed by atoms with E-state index in [4.69, 9.17) is 5.21 Å². The van der Waals surface area contributed by atoms with Crippen LogP contribution in [0.25, 0.3) is 0 Å². The molecule has 16 heavy (non-hydrogen) atoms. The Morgan fingerprint density at radius 3 is 2.81 bits per heavy atom. The van der Waals surface area contributed by atoms with E-state index in [1.807, 2.05) is 18.2 Å². The van der Waals surface area contributed by atoms with Crippen LogP contribution in [0.1, 0.15) is 5.56 Å². The van der Waals surface area contributed by atoms with Crippen LogP contribution in [0.2, 0.25) is 0 Å². The topological polar surface area (TPSA) is 48.2 Å². The van der Waals surface area contributed by atoms with Gasteiger partial charge in [0.15, 0.2) is 0 Å². The van der Waals surface area contributed by atoms with Crippen LogP contribution >= 0.6 is 12.4 Å². The second-order valence-electron chi connectivity index (χ2n) is 3.39. The van der Waals surface area contributed by atoms with E-state index in [0.717, 1.165) is 25.5 Å². The first-order valence-electron chi connectivity index (χ1n) is 4.91. The zero-order valence-corrected chi connectivity index (χ0v) is 9.60. The van der Waals surface area contributed by atoms with Gasteiger partial charge in [-0.2, -0.15) is 0 Å². The van der Waals surface area contributed by atoms with Crippen molar-refractivity contribution in [2.24, 2.45) is 10.1 Å². The summed E-state index contributed by atoms with van der Waals surface area (Å²) >= 11 is 0. The van der Waals surface area contributed by atoms with Crippen molar-refractivity contribution in [3.05, 3.63) is 35.9 Å². The fourth-order valence-corrected chi connectivity index (χ4v) is 1.64. The van der Waals surface area contributed by atoms with Gasteiger partial charge in [-0.25, -0.2) is 0 Å². The summed E-state index contributed by atoms with van der Waals surface area (Å²) in [6, 6.07) is 10.2. The highest BCUT2D eigenvalue weighted by atomic mass is 35.5. The molecule has 0 spiro atoms. The highest BCUT2D eigenvalue weighted by Gasteiger charge is 2.14. The Morgan fingerprint density at radius 2 is 2.12 bits per heavy atom. The fraction of sp³-hybridized carbons (Fsp3) is 0.273. The number of hydrogen-bond donors (Lipinski definition) is 1. The van der Waals surface area contributed by atoms with Gasteiger partial charge in [0.05, 0.1) is 6.54 Å². The van der Waals surface area contributed by atoms with Crippen molar-refractivity contribution in [3.63, 3.8) is 0 Å². The molecule has 0 bridgehead atoms. The Morgan fingerprint density at radius 1 is 1.38 bits per heavy atom. The number of rotatable bonds is 3. The van der Waals surface area contributed by atoms with E-state index in [9.17, 15) is 0 Å². The predicted octanol–water partition coefficient (Wildman–Crippen LogP) is 1.78. The van der Waals surface area contributed by atoms with Crippen molar-refractivity contribution in [1.29, 1.82) is 0 Å². The van der Waals surface area contributed by atoms with Gasteiger partial charge in [0, 0.05) is 13.1 Å². The molecule has 5 heteroatoms. The van der Waals surface area contributed by atoms with Gasteiger partial charge in [-0.15, -0.1) is 12.4 Å². The highest BCUT2D eigenvalue weighted by molar-refractivity contribution is 6.29. The molecule has 0 saturated carbocycles. The van der Waals surface area contributed by atoms with Gasteiger partial charge >= 0.3 is 0 Å². The normalized spacial score (nSPS) is 15.0. The van der Waals surface area contributed by atoms with Crippen molar-refractivity contribution in [3.8, 4) is 0 Å². The second-order valence-corrected chi connectivity index (χ2v) is 3.39. The van der Waals surface area contributed by atoms with E-state index in [2.05, 4.69) is 27.2 Å². The molecule has 1 heterocycles. The van der Waals surface area contributed by atoms with Crippen LogP contribution in [0.15, 0.2) is 40.5 Å². The number of hydrogen-bond acceptors (Lipinski definition) is 4. The van der Waals surface area contributed by atoms with Gasteiger partial charge in [0.25, 0.3) is 0 Å². The van der Waals surface area contributed by atoms with Crippen LogP contribution in [0, 0.1) is 0 Å². The summed E-state index contributed by atoms with van der Waals surface area (Å²) in [6.07, 6.45) is 1.38. The lowest BCUT2D eigenvalue weighted by Crippen LogP contribution is -2.28. The molecular weight excluding hydrogens is 226 g/mol. The minimum Gasteiger partial charge on any atom is -0.411 e. The van der Waals surface area contributed by atoms with Crippen molar-refractivity contribution < 1.29 is 5.21 Å². The smallest absolute Gasteiger partial charge is 0.146 e. The highest BCUT2D eigenvalue weighted by Crippen LogP contribution is 2.08. The molecule has 0 atom stereocenters. The summed E-state index contributed by atoms with van der Waals surface area (Å²) in [5.41, 5.74) is 1.23. The molecule has 0 aliphatic carbocycles. The van der Waals surface area contributed by atoms with E-state index in [1.54, 1.807) is 0 Å². The van der Waals surface area contributed by atoms with Crippen LogP contribution in [-0.2, 0) is 6.54 Å². The molecule has 86 valence electrons. The number of benzene rings is 1. The summed E-state index contributed by atoms with van der Waals surface area (Å²) in [5, 5.41) is 11.5. The van der Waals surface area contributed by atoms with E-state index < -0.39 is 0 Å². The number of halogens is 1. The lowest BCUT2D eigenvalue weighted by atomic mass is 10.2. The summed E-state index contributed by atoms with van der Waals surface area (Å²) < 4.78 is 0. The third-order valence-electron chi connectivity index (χ3n) is 2.36. The molecule has 1 aromatic rings. The SMILES string of the molecule is Cl.ON=CC1=NCCN1Cc1ccccc1. The molecule has 0 fully saturated rings. The third-order valence-corrected chi connectivity index (χ3v) is 2.36. The Bertz CT molecular complexity index is 378. The van der Waals surface area contributed by atoms with Crippen LogP contribution in [0.3, 0.4) is 0 Å². The Hall–Kier alpha value is -1.55. The standard InChI is InChI=1S/C11H13N3O.ClH/c15-13-8-11-12-6-7-14(11)9-10-4-2-1-3-5-10;/h1-5,8,15H,6-7,9H2;1H. The quantitative estimate of drug-likeness (QED) is 0.497. The van der Waals surface area contributed by atoms with Crippen molar-refractivity contribution >= 4 is 24.5 Å². The number of aliphatic imine (C=N–C) groups is 1. The first-order valence-corrected chi connectivity index (χ1v) is 4.91. The third kappa shape index (κ3) is 2.97. The molecule has 0 amide bonds. The van der Waals surface area contributed by atoms with Gasteiger partial charge in [-0.1, -0.05) is 35.5 Å². The minimum absolute atomic E-state index is 0. The molecular formula is C11H14ClN3O. The number of nitrogens with zero attached hydrogens (tertiary/aromatic N) is 3. The van der Waals surface area contributed by atoms with Gasteiger partial charge in [-0.05, 0) is 5.56 Å². The molecule has 0 unspecified atom stereocenters. The van der Waals surface area contributed by atoms with Gasteiger partial charge in [0.2, 0.25) is 0 Å². The number of oxime groups is 1. The zero-order valence-electron chi connectivity index (χ0n) is 8.78. The fourth-order valence-electron chi connectivity index (χ4n) is 1.64. The molecule has 4 nitrogen and oxygen atoms in total. The Balaban J connectivity index is 0.00000128. The monoisotopic (exact) mass is 239 g/mol. The van der Waals surface area contributed by atoms with E-state index >= 15 is 0 Å². The van der Waals surface area contributed by atoms with Gasteiger partial charge in [0.1, 0.15) is 12.1 Å². The van der Waals surface area contributed by atoms with Crippen molar-refractivity contribution in [2.75, 3.05) is 13.1 Å². The average molecular weight is 240 g/mol. The summed E-state index contributed by atoms with van der Waals surface area (Å²) in [4.78, 5) is 6.33. The summed E-state index contributed by atoms with van der Waals surface area (Å²) in [6.45, 7) is 2.47. The molecule has 1 N–H and O–H groups in total. The average Bonchev–Trinajstić information content (AvgIpc) is 2.68. The molecule has 1 aromatic carbocycles. The molecule has 1 aliphatic heterocycles. The predicted molar refractivity (Wildman–Crippen MR) is 66.7 cm³/mol. The van der Waals surface area contributed by atoms with Crippen molar-refractivity contribution in [1.82, 2.24) is 4.90 Å². The first kappa shape index (κ1) is 12.5. The molecule has 0 saturated heterocycles. The van der Waals surface area contributed by atoms with E-state index in [-0.39, 0.29) is 12.4 Å². The number of amidine groups is 1. The maximum Gasteiger partial charge on any atom is 0.146 e. The lowest BCUT2D eigenvalue weighted by Gasteiger charge is -2.17. The van der Waals surface area contributed by atoms with E-state index in [0.29, 0.717) is 0 Å². The zero-order chi connectivity index (χ0) is 10.5.